The van der Waals surface area contributed by atoms with Crippen LogP contribution in [-0.2, 0) is 10.8 Å². The third-order valence-corrected chi connectivity index (χ3v) is 2.64. The third-order valence-electron chi connectivity index (χ3n) is 1.67. The Hall–Kier alpha value is -1.48. The Bertz CT molecular complexity index is 401. The molecule has 0 aromatic carbocycles. The van der Waals surface area contributed by atoms with Crippen LogP contribution in [-0.4, -0.2) is 32.2 Å². The van der Waals surface area contributed by atoms with Crippen LogP contribution < -0.4 is 5.32 Å². The van der Waals surface area contributed by atoms with Crippen LogP contribution in [0.2, 0.25) is 0 Å². The average Bonchev–Trinajstić information content (AvgIpc) is 2.17. The summed E-state index contributed by atoms with van der Waals surface area (Å²) in [6, 6.07) is 1.94. The molecule has 1 heterocycles. The van der Waals surface area contributed by atoms with Gasteiger partial charge in [0.25, 0.3) is 0 Å². The molecule has 15 heavy (non-hydrogen) atoms. The normalized spacial score (nSPS) is 13.9. The van der Waals surface area contributed by atoms with Gasteiger partial charge in [0.05, 0.1) is 0 Å². The third kappa shape index (κ3) is 3.64. The molecule has 0 saturated carbocycles. The molecule has 1 rings (SSSR count). The number of nitriles is 1. The Morgan fingerprint density at radius 3 is 2.87 bits per heavy atom. The second-order valence-corrected chi connectivity index (χ2v) is 4.63. The molecule has 1 aromatic heterocycles. The Balaban J connectivity index is 2.72. The maximum atomic E-state index is 11.0. The molecular weight excluding hydrogens is 212 g/mol. The van der Waals surface area contributed by atoms with Gasteiger partial charge >= 0.3 is 0 Å². The van der Waals surface area contributed by atoms with E-state index in [1.54, 1.807) is 6.26 Å². The zero-order chi connectivity index (χ0) is 11.3. The molecule has 0 fully saturated rings. The van der Waals surface area contributed by atoms with Crippen LogP contribution >= 0.6 is 0 Å². The van der Waals surface area contributed by atoms with Crippen LogP contribution in [0.1, 0.15) is 12.6 Å². The Morgan fingerprint density at radius 2 is 2.27 bits per heavy atom. The molecule has 1 aromatic rings. The smallest absolute Gasteiger partial charge is 0.182 e. The van der Waals surface area contributed by atoms with E-state index >= 15 is 0 Å². The highest BCUT2D eigenvalue weighted by molar-refractivity contribution is 7.84. The zero-order valence-electron chi connectivity index (χ0n) is 8.60. The van der Waals surface area contributed by atoms with Crippen LogP contribution in [0, 0.1) is 11.3 Å². The Morgan fingerprint density at radius 1 is 1.60 bits per heavy atom. The Labute approximate surface area is 91.0 Å². The summed E-state index contributed by atoms with van der Waals surface area (Å²) in [5.74, 6) is 0.958. The molecule has 5 nitrogen and oxygen atoms in total. The highest BCUT2D eigenvalue weighted by Gasteiger charge is 2.08. The second-order valence-electron chi connectivity index (χ2n) is 3.15. The van der Waals surface area contributed by atoms with Crippen LogP contribution in [0.5, 0.6) is 0 Å². The van der Waals surface area contributed by atoms with Crippen molar-refractivity contribution in [3.8, 4) is 6.07 Å². The highest BCUT2D eigenvalue weighted by Crippen LogP contribution is 2.08. The van der Waals surface area contributed by atoms with Crippen molar-refractivity contribution in [2.45, 2.75) is 13.0 Å². The highest BCUT2D eigenvalue weighted by atomic mass is 32.2. The van der Waals surface area contributed by atoms with Crippen LogP contribution in [0.3, 0.4) is 0 Å². The summed E-state index contributed by atoms with van der Waals surface area (Å²) < 4.78 is 11.0. The minimum absolute atomic E-state index is 0.000340. The van der Waals surface area contributed by atoms with Gasteiger partial charge in [0.2, 0.25) is 0 Å². The van der Waals surface area contributed by atoms with E-state index in [1.165, 1.54) is 12.4 Å². The summed E-state index contributed by atoms with van der Waals surface area (Å²) in [6.07, 6.45) is 4.62. The second kappa shape index (κ2) is 5.41. The lowest BCUT2D eigenvalue weighted by Gasteiger charge is -2.12. The number of hydrogen-bond acceptors (Lipinski definition) is 5. The van der Waals surface area contributed by atoms with Crippen molar-refractivity contribution in [1.29, 1.82) is 5.26 Å². The van der Waals surface area contributed by atoms with Gasteiger partial charge in [0.1, 0.15) is 6.07 Å². The van der Waals surface area contributed by atoms with Crippen molar-refractivity contribution < 1.29 is 4.21 Å². The predicted octanol–water partition coefficient (Wildman–Crippen LogP) is 0.527. The van der Waals surface area contributed by atoms with Crippen molar-refractivity contribution in [3.63, 3.8) is 0 Å². The fraction of sp³-hybridized carbons (Fsp3) is 0.444. The molecular formula is C9H12N4OS. The quantitative estimate of drug-likeness (QED) is 0.807. The largest absolute Gasteiger partial charge is 0.364 e. The lowest BCUT2D eigenvalue weighted by Crippen LogP contribution is -2.23. The molecule has 6 heteroatoms. The van der Waals surface area contributed by atoms with Crippen LogP contribution in [0.25, 0.3) is 0 Å². The molecule has 0 bridgehead atoms. The van der Waals surface area contributed by atoms with Crippen molar-refractivity contribution in [2.24, 2.45) is 0 Å². The number of nitrogens with zero attached hydrogens (tertiary/aromatic N) is 3. The van der Waals surface area contributed by atoms with E-state index in [0.29, 0.717) is 11.6 Å². The van der Waals surface area contributed by atoms with E-state index in [1.807, 2.05) is 13.0 Å². The molecule has 0 saturated heterocycles. The summed E-state index contributed by atoms with van der Waals surface area (Å²) in [4.78, 5) is 7.87. The first-order chi connectivity index (χ1) is 7.13. The molecule has 1 N–H and O–H groups in total. The number of hydrogen-bond donors (Lipinski definition) is 1. The van der Waals surface area contributed by atoms with Gasteiger partial charge in [-0.2, -0.15) is 5.26 Å². The number of anilines is 1. The van der Waals surface area contributed by atoms with Gasteiger partial charge in [0.15, 0.2) is 11.5 Å². The van der Waals surface area contributed by atoms with Gasteiger partial charge < -0.3 is 5.32 Å². The summed E-state index contributed by atoms with van der Waals surface area (Å²) in [5, 5.41) is 11.8. The van der Waals surface area contributed by atoms with E-state index < -0.39 is 10.8 Å². The van der Waals surface area contributed by atoms with Crippen LogP contribution in [0.4, 0.5) is 5.82 Å². The summed E-state index contributed by atoms with van der Waals surface area (Å²) in [6.45, 7) is 1.89. The molecule has 0 spiro atoms. The summed E-state index contributed by atoms with van der Waals surface area (Å²) in [7, 11) is -0.871. The number of nitrogens with one attached hydrogen (secondary N) is 1. The molecule has 0 amide bonds. The Kier molecular flexibility index (Phi) is 4.18. The van der Waals surface area contributed by atoms with Crippen LogP contribution in [0.15, 0.2) is 12.4 Å². The molecule has 2 atom stereocenters. The van der Waals surface area contributed by atoms with Gasteiger partial charge in [-0.05, 0) is 6.92 Å². The fourth-order valence-corrected chi connectivity index (χ4v) is 1.94. The standard InChI is InChI=1S/C9H12N4OS/c1-7(6-15(2)14)13-9-8(5-10)11-3-4-12-9/h3-4,7H,6H2,1-2H3,(H,12,13). The van der Waals surface area contributed by atoms with Crippen molar-refractivity contribution >= 4 is 16.6 Å². The molecule has 0 radical (unpaired) electrons. The molecule has 2 unspecified atom stereocenters. The van der Waals surface area contributed by atoms with Gasteiger partial charge in [-0.3, -0.25) is 4.21 Å². The first kappa shape index (κ1) is 11.6. The van der Waals surface area contributed by atoms with Gasteiger partial charge in [-0.15, -0.1) is 0 Å². The summed E-state index contributed by atoms with van der Waals surface area (Å²) >= 11 is 0. The molecule has 0 aliphatic carbocycles. The van der Waals surface area contributed by atoms with Gasteiger partial charge in [0, 0.05) is 41.2 Å². The maximum Gasteiger partial charge on any atom is 0.182 e. The lowest BCUT2D eigenvalue weighted by atomic mass is 10.3. The molecule has 80 valence electrons. The minimum Gasteiger partial charge on any atom is -0.364 e. The van der Waals surface area contributed by atoms with E-state index in [0.717, 1.165) is 0 Å². The number of rotatable bonds is 4. The first-order valence-corrected chi connectivity index (χ1v) is 6.14. The lowest BCUT2D eigenvalue weighted by molar-refractivity contribution is 0.682. The minimum atomic E-state index is -0.871. The first-order valence-electron chi connectivity index (χ1n) is 4.41. The average molecular weight is 224 g/mol. The van der Waals surface area contributed by atoms with Crippen molar-refractivity contribution in [2.75, 3.05) is 17.3 Å². The van der Waals surface area contributed by atoms with E-state index in [-0.39, 0.29) is 11.7 Å². The summed E-state index contributed by atoms with van der Waals surface area (Å²) in [5.41, 5.74) is 0.256. The van der Waals surface area contributed by atoms with E-state index in [9.17, 15) is 4.21 Å². The monoisotopic (exact) mass is 224 g/mol. The van der Waals surface area contributed by atoms with Crippen molar-refractivity contribution in [1.82, 2.24) is 9.97 Å². The predicted molar refractivity (Wildman–Crippen MR) is 58.8 cm³/mol. The molecule has 0 aliphatic heterocycles. The van der Waals surface area contributed by atoms with E-state index in [2.05, 4.69) is 15.3 Å². The van der Waals surface area contributed by atoms with Gasteiger partial charge in [-0.1, -0.05) is 0 Å². The molecule has 0 aliphatic rings. The fourth-order valence-electron chi connectivity index (χ4n) is 1.15. The maximum absolute atomic E-state index is 11.0. The number of aromatic nitrogens is 2. The van der Waals surface area contributed by atoms with Gasteiger partial charge in [-0.25, -0.2) is 9.97 Å². The van der Waals surface area contributed by atoms with Crippen molar-refractivity contribution in [3.05, 3.63) is 18.1 Å². The topological polar surface area (TPSA) is 78.7 Å². The zero-order valence-corrected chi connectivity index (χ0v) is 9.41. The SMILES string of the molecule is CC(CS(C)=O)Nc1nccnc1C#N. The van der Waals surface area contributed by atoms with E-state index in [4.69, 9.17) is 5.26 Å².